The van der Waals surface area contributed by atoms with Crippen LogP contribution in [-0.4, -0.2) is 0 Å². The van der Waals surface area contributed by atoms with Crippen molar-refractivity contribution in [3.63, 3.8) is 0 Å². The molecule has 70 valence electrons. The van der Waals surface area contributed by atoms with Crippen LogP contribution >= 0.6 is 11.3 Å². The van der Waals surface area contributed by atoms with Gasteiger partial charge >= 0.3 is 0 Å². The number of hydrogen-bond acceptors (Lipinski definition) is 3. The van der Waals surface area contributed by atoms with E-state index in [2.05, 4.69) is 0 Å². The molecule has 0 saturated heterocycles. The van der Waals surface area contributed by atoms with Gasteiger partial charge in [-0.3, -0.25) is 0 Å². The van der Waals surface area contributed by atoms with Gasteiger partial charge in [-0.25, -0.2) is 0 Å². The van der Waals surface area contributed by atoms with Crippen LogP contribution in [0.2, 0.25) is 0 Å². The van der Waals surface area contributed by atoms with Gasteiger partial charge in [0, 0.05) is 15.8 Å². The molecule has 0 saturated carbocycles. The lowest BCUT2D eigenvalue weighted by molar-refractivity contribution is 0.658. The molecule has 2 rings (SSSR count). The van der Waals surface area contributed by atoms with Crippen LogP contribution in [0.5, 0.6) is 0 Å². The topological polar surface area (TPSA) is 49.8 Å². The first-order chi connectivity index (χ1) is 6.70. The lowest BCUT2D eigenvalue weighted by Gasteiger charge is -1.99. The minimum absolute atomic E-state index is 0.249. The highest BCUT2D eigenvalue weighted by Gasteiger charge is 2.06. The highest BCUT2D eigenvalue weighted by molar-refractivity contribution is 7.17. The van der Waals surface area contributed by atoms with Crippen LogP contribution in [0, 0.1) is 16.5 Å². The summed E-state index contributed by atoms with van der Waals surface area (Å²) in [5, 5.41) is 9.01. The van der Waals surface area contributed by atoms with Gasteiger partial charge in [0.25, 0.3) is 0 Å². The number of nitrogens with two attached hydrogens (primary N) is 1. The zero-order valence-corrected chi connectivity index (χ0v) is 8.07. The average molecular weight is 206 g/mol. The molecule has 2 N–H and O–H groups in total. The fourth-order valence-corrected chi connectivity index (χ4v) is 2.27. The standard InChI is InChI=1S/C10H7FN2S/c11-10-5-7-8(13)3-6(1-2-12)4-9(7)14-10/h3-5H,1,13H2. The zero-order chi connectivity index (χ0) is 10.1. The normalized spacial score (nSPS) is 10.3. The fraction of sp³-hybridized carbons (Fsp3) is 0.100. The summed E-state index contributed by atoms with van der Waals surface area (Å²) in [4.78, 5) is 0. The van der Waals surface area contributed by atoms with Gasteiger partial charge in [-0.15, -0.1) is 11.3 Å². The molecule has 1 heterocycles. The van der Waals surface area contributed by atoms with E-state index in [1.165, 1.54) is 6.07 Å². The first kappa shape index (κ1) is 8.97. The third kappa shape index (κ3) is 1.42. The van der Waals surface area contributed by atoms with Crippen molar-refractivity contribution in [2.24, 2.45) is 0 Å². The van der Waals surface area contributed by atoms with Gasteiger partial charge < -0.3 is 5.73 Å². The summed E-state index contributed by atoms with van der Waals surface area (Å²) >= 11 is 1.05. The van der Waals surface area contributed by atoms with E-state index in [-0.39, 0.29) is 5.13 Å². The number of benzene rings is 1. The van der Waals surface area contributed by atoms with Crippen molar-refractivity contribution in [2.75, 3.05) is 5.73 Å². The smallest absolute Gasteiger partial charge is 0.177 e. The Morgan fingerprint density at radius 2 is 2.21 bits per heavy atom. The van der Waals surface area contributed by atoms with E-state index in [1.54, 1.807) is 6.07 Å². The van der Waals surface area contributed by atoms with E-state index in [4.69, 9.17) is 11.0 Å². The number of halogens is 1. The minimum atomic E-state index is -0.249. The molecule has 2 nitrogen and oxygen atoms in total. The molecule has 1 aromatic heterocycles. The third-order valence-electron chi connectivity index (χ3n) is 1.98. The monoisotopic (exact) mass is 206 g/mol. The molecule has 0 fully saturated rings. The van der Waals surface area contributed by atoms with Gasteiger partial charge in [0.15, 0.2) is 5.13 Å². The van der Waals surface area contributed by atoms with Crippen molar-refractivity contribution in [1.29, 1.82) is 5.26 Å². The van der Waals surface area contributed by atoms with Crippen molar-refractivity contribution in [3.8, 4) is 6.07 Å². The largest absolute Gasteiger partial charge is 0.398 e. The van der Waals surface area contributed by atoms with Gasteiger partial charge in [-0.1, -0.05) is 0 Å². The predicted molar refractivity (Wildman–Crippen MR) is 55.5 cm³/mol. The molecule has 0 aliphatic rings. The fourth-order valence-electron chi connectivity index (χ4n) is 1.39. The van der Waals surface area contributed by atoms with Crippen LogP contribution in [0.3, 0.4) is 0 Å². The molecule has 0 radical (unpaired) electrons. The highest BCUT2D eigenvalue weighted by atomic mass is 32.1. The van der Waals surface area contributed by atoms with Crippen molar-refractivity contribution in [2.45, 2.75) is 6.42 Å². The summed E-state index contributed by atoms with van der Waals surface area (Å²) in [7, 11) is 0. The molecule has 14 heavy (non-hydrogen) atoms. The average Bonchev–Trinajstić information content (AvgIpc) is 2.47. The van der Waals surface area contributed by atoms with Crippen LogP contribution in [0.25, 0.3) is 10.1 Å². The maximum Gasteiger partial charge on any atom is 0.177 e. The van der Waals surface area contributed by atoms with Gasteiger partial charge in [-0.05, 0) is 23.8 Å². The summed E-state index contributed by atoms with van der Waals surface area (Å²) in [6.45, 7) is 0. The maximum absolute atomic E-state index is 12.9. The quantitative estimate of drug-likeness (QED) is 0.729. The van der Waals surface area contributed by atoms with Crippen LogP contribution in [0.15, 0.2) is 18.2 Å². The molecule has 0 bridgehead atoms. The highest BCUT2D eigenvalue weighted by Crippen LogP contribution is 2.30. The molecule has 4 heteroatoms. The summed E-state index contributed by atoms with van der Waals surface area (Å²) in [6.07, 6.45) is 0.305. The Bertz CT molecular complexity index is 525. The van der Waals surface area contributed by atoms with E-state index < -0.39 is 0 Å². The Balaban J connectivity index is 2.66. The van der Waals surface area contributed by atoms with Gasteiger partial charge in [0.2, 0.25) is 0 Å². The number of fused-ring (bicyclic) bond motifs is 1. The second kappa shape index (κ2) is 3.28. The van der Waals surface area contributed by atoms with E-state index >= 15 is 0 Å². The van der Waals surface area contributed by atoms with Crippen LogP contribution in [-0.2, 0) is 6.42 Å². The number of nitrogens with zero attached hydrogens (tertiary/aromatic N) is 1. The predicted octanol–water partition coefficient (Wildman–Crippen LogP) is 2.69. The van der Waals surface area contributed by atoms with Crippen molar-refractivity contribution in [1.82, 2.24) is 0 Å². The zero-order valence-electron chi connectivity index (χ0n) is 7.25. The summed E-state index contributed by atoms with van der Waals surface area (Å²) in [5.74, 6) is 0. The van der Waals surface area contributed by atoms with Crippen LogP contribution < -0.4 is 5.73 Å². The molecule has 1 aromatic carbocycles. The number of rotatable bonds is 1. The van der Waals surface area contributed by atoms with Gasteiger partial charge in [-0.2, -0.15) is 9.65 Å². The van der Waals surface area contributed by atoms with Crippen LogP contribution in [0.4, 0.5) is 10.1 Å². The first-order valence-electron chi connectivity index (χ1n) is 4.05. The summed E-state index contributed by atoms with van der Waals surface area (Å²) < 4.78 is 13.7. The Morgan fingerprint density at radius 1 is 1.43 bits per heavy atom. The lowest BCUT2D eigenvalue weighted by Crippen LogP contribution is -1.88. The molecular formula is C10H7FN2S. The number of nitrogen functional groups attached to an aromatic ring is 1. The van der Waals surface area contributed by atoms with E-state index in [1.807, 2.05) is 12.1 Å². The summed E-state index contributed by atoms with van der Waals surface area (Å²) in [5.41, 5.74) is 7.10. The molecule has 0 spiro atoms. The molecule has 0 amide bonds. The Hall–Kier alpha value is -1.60. The molecule has 0 aliphatic carbocycles. The Kier molecular flexibility index (Phi) is 2.10. The molecule has 0 atom stereocenters. The number of nitriles is 1. The second-order valence-electron chi connectivity index (χ2n) is 2.98. The SMILES string of the molecule is N#CCc1cc(N)c2cc(F)sc2c1. The molecule has 2 aromatic rings. The number of anilines is 1. The van der Waals surface area contributed by atoms with Crippen LogP contribution in [0.1, 0.15) is 5.56 Å². The second-order valence-corrected chi connectivity index (χ2v) is 4.02. The molecule has 0 aliphatic heterocycles. The number of thiophene rings is 1. The Morgan fingerprint density at radius 3 is 2.93 bits per heavy atom. The van der Waals surface area contributed by atoms with Crippen molar-refractivity contribution < 1.29 is 4.39 Å². The lowest BCUT2D eigenvalue weighted by atomic mass is 10.1. The van der Waals surface area contributed by atoms with Gasteiger partial charge in [0.1, 0.15) is 0 Å². The van der Waals surface area contributed by atoms with E-state index in [9.17, 15) is 4.39 Å². The molecule has 0 unspecified atom stereocenters. The number of hydrogen-bond donors (Lipinski definition) is 1. The Labute approximate surface area is 84.4 Å². The molecular weight excluding hydrogens is 199 g/mol. The van der Waals surface area contributed by atoms with Crippen molar-refractivity contribution in [3.05, 3.63) is 28.9 Å². The van der Waals surface area contributed by atoms with Crippen molar-refractivity contribution >= 4 is 27.1 Å². The van der Waals surface area contributed by atoms with Gasteiger partial charge in [0.05, 0.1) is 12.5 Å². The third-order valence-corrected chi connectivity index (χ3v) is 2.85. The first-order valence-corrected chi connectivity index (χ1v) is 4.87. The maximum atomic E-state index is 12.9. The minimum Gasteiger partial charge on any atom is -0.398 e. The van der Waals surface area contributed by atoms with E-state index in [0.29, 0.717) is 12.1 Å². The van der Waals surface area contributed by atoms with E-state index in [0.717, 1.165) is 27.0 Å². The summed E-state index contributed by atoms with van der Waals surface area (Å²) in [6, 6.07) is 6.99.